The minimum atomic E-state index is -4.59. The number of nitrogens with one attached hydrogen (secondary N) is 1. The first kappa shape index (κ1) is 17.4. The number of carbonyl (C=O) groups is 1. The zero-order valence-corrected chi connectivity index (χ0v) is 11.9. The summed E-state index contributed by atoms with van der Waals surface area (Å²) in [5, 5.41) is 2.73. The number of hydrogen-bond donors (Lipinski definition) is 1. The molecule has 7 heteroatoms. The average molecular weight is 306 g/mol. The number of halogens is 4. The maximum Gasteiger partial charge on any atom is 0.416 e. The second kappa shape index (κ2) is 7.40. The molecule has 0 saturated carbocycles. The van der Waals surface area contributed by atoms with Gasteiger partial charge in [-0.05, 0) is 37.6 Å². The average Bonchev–Trinajstić information content (AvgIpc) is 2.38. The van der Waals surface area contributed by atoms with Crippen molar-refractivity contribution in [2.75, 3.05) is 19.6 Å². The monoisotopic (exact) mass is 306 g/mol. The number of nitrogens with zero attached hydrogens (tertiary/aromatic N) is 1. The quantitative estimate of drug-likeness (QED) is 0.820. The van der Waals surface area contributed by atoms with Gasteiger partial charge >= 0.3 is 6.18 Å². The van der Waals surface area contributed by atoms with Crippen LogP contribution in [0.2, 0.25) is 0 Å². The van der Waals surface area contributed by atoms with Crippen LogP contribution in [0.1, 0.15) is 25.0 Å². The van der Waals surface area contributed by atoms with Gasteiger partial charge in [0.25, 0.3) is 0 Å². The van der Waals surface area contributed by atoms with Gasteiger partial charge in [0.15, 0.2) is 0 Å². The zero-order valence-electron chi connectivity index (χ0n) is 11.9. The molecule has 0 unspecified atom stereocenters. The van der Waals surface area contributed by atoms with Gasteiger partial charge < -0.3 is 10.2 Å². The molecule has 0 heterocycles. The lowest BCUT2D eigenvalue weighted by Crippen LogP contribution is -2.37. The minimum Gasteiger partial charge on any atom is -0.342 e. The molecule has 0 aliphatic carbocycles. The number of carbonyl (C=O) groups excluding carboxylic acids is 1. The van der Waals surface area contributed by atoms with Crippen LogP contribution in [0, 0.1) is 5.82 Å². The van der Waals surface area contributed by atoms with Crippen molar-refractivity contribution < 1.29 is 22.4 Å². The highest BCUT2D eigenvalue weighted by molar-refractivity contribution is 5.78. The fourth-order valence-electron chi connectivity index (χ4n) is 1.92. The molecular formula is C14H18F4N2O. The van der Waals surface area contributed by atoms with Crippen molar-refractivity contribution in [1.29, 1.82) is 0 Å². The Balaban J connectivity index is 2.64. The predicted molar refractivity (Wildman–Crippen MR) is 71.0 cm³/mol. The summed E-state index contributed by atoms with van der Waals surface area (Å²) < 4.78 is 50.8. The lowest BCUT2D eigenvalue weighted by atomic mass is 10.1. The molecule has 0 fully saturated rings. The van der Waals surface area contributed by atoms with Crippen LogP contribution in [0.25, 0.3) is 0 Å². The molecule has 1 aromatic carbocycles. The largest absolute Gasteiger partial charge is 0.416 e. The van der Waals surface area contributed by atoms with Crippen molar-refractivity contribution in [2.45, 2.75) is 26.6 Å². The highest BCUT2D eigenvalue weighted by Crippen LogP contribution is 2.30. The third kappa shape index (κ3) is 5.34. The molecule has 3 nitrogen and oxygen atoms in total. The van der Waals surface area contributed by atoms with Gasteiger partial charge in [0.2, 0.25) is 5.91 Å². The van der Waals surface area contributed by atoms with Crippen molar-refractivity contribution in [2.24, 2.45) is 0 Å². The third-order valence-electron chi connectivity index (χ3n) is 3.01. The zero-order chi connectivity index (χ0) is 16.0. The van der Waals surface area contributed by atoms with E-state index in [4.69, 9.17) is 0 Å². The van der Waals surface area contributed by atoms with Crippen molar-refractivity contribution in [3.63, 3.8) is 0 Å². The van der Waals surface area contributed by atoms with Crippen molar-refractivity contribution in [3.05, 3.63) is 35.1 Å². The normalized spacial score (nSPS) is 11.5. The van der Waals surface area contributed by atoms with E-state index in [1.165, 1.54) is 0 Å². The van der Waals surface area contributed by atoms with E-state index in [1.54, 1.807) is 4.90 Å². The molecule has 118 valence electrons. The molecule has 0 aromatic heterocycles. The molecule has 0 saturated heterocycles. The first-order valence-electron chi connectivity index (χ1n) is 6.63. The fourth-order valence-corrected chi connectivity index (χ4v) is 1.92. The summed E-state index contributed by atoms with van der Waals surface area (Å²) >= 11 is 0. The smallest absolute Gasteiger partial charge is 0.342 e. The molecule has 21 heavy (non-hydrogen) atoms. The number of benzene rings is 1. The minimum absolute atomic E-state index is 0.000452. The summed E-state index contributed by atoms with van der Waals surface area (Å²) in [4.78, 5) is 13.3. The molecule has 1 aromatic rings. The van der Waals surface area contributed by atoms with Crippen LogP contribution in [0.5, 0.6) is 0 Å². The number of hydrogen-bond acceptors (Lipinski definition) is 2. The van der Waals surface area contributed by atoms with E-state index in [0.29, 0.717) is 19.2 Å². The van der Waals surface area contributed by atoms with Gasteiger partial charge in [-0.3, -0.25) is 4.79 Å². The Kier molecular flexibility index (Phi) is 6.14. The molecule has 0 aliphatic rings. The van der Waals surface area contributed by atoms with E-state index < -0.39 is 17.6 Å². The Morgan fingerprint density at radius 1 is 1.19 bits per heavy atom. The Labute approximate surface area is 120 Å². The van der Waals surface area contributed by atoms with Crippen LogP contribution in [-0.2, 0) is 17.5 Å². The van der Waals surface area contributed by atoms with E-state index in [0.717, 1.165) is 12.1 Å². The molecule has 1 N–H and O–H groups in total. The number of rotatable bonds is 6. The Bertz CT molecular complexity index is 484. The molecule has 0 atom stereocenters. The topological polar surface area (TPSA) is 32.3 Å². The fraction of sp³-hybridized carbons (Fsp3) is 0.500. The van der Waals surface area contributed by atoms with Crippen molar-refractivity contribution in [1.82, 2.24) is 10.2 Å². The standard InChI is InChI=1S/C14H18F4N2O/c1-3-20(4-2)13(21)9-19-8-10-5-11(14(16,17)18)7-12(15)6-10/h5-7,19H,3-4,8-9H2,1-2H3. The lowest BCUT2D eigenvalue weighted by molar-refractivity contribution is -0.138. The first-order valence-corrected chi connectivity index (χ1v) is 6.63. The highest BCUT2D eigenvalue weighted by atomic mass is 19.4. The van der Waals surface area contributed by atoms with Crippen LogP contribution >= 0.6 is 0 Å². The molecule has 0 spiro atoms. The summed E-state index contributed by atoms with van der Waals surface area (Å²) in [6.45, 7) is 4.80. The molecule has 0 radical (unpaired) electrons. The predicted octanol–water partition coefficient (Wildman–Crippen LogP) is 2.80. The Morgan fingerprint density at radius 3 is 2.33 bits per heavy atom. The molecule has 0 aliphatic heterocycles. The first-order chi connectivity index (χ1) is 9.77. The van der Waals surface area contributed by atoms with Gasteiger partial charge in [0.05, 0.1) is 12.1 Å². The molecule has 0 bridgehead atoms. The van der Waals surface area contributed by atoms with E-state index in [1.807, 2.05) is 13.8 Å². The number of amides is 1. The summed E-state index contributed by atoms with van der Waals surface area (Å²) in [6.07, 6.45) is -4.59. The van der Waals surface area contributed by atoms with Crippen molar-refractivity contribution >= 4 is 5.91 Å². The summed E-state index contributed by atoms with van der Waals surface area (Å²) in [7, 11) is 0. The van der Waals surface area contributed by atoms with E-state index in [2.05, 4.69) is 5.32 Å². The molecule has 1 rings (SSSR count). The number of likely N-dealkylation sites (N-methyl/N-ethyl adjacent to an activating group) is 1. The Hall–Kier alpha value is -1.63. The summed E-state index contributed by atoms with van der Waals surface area (Å²) in [5.41, 5.74) is -0.885. The molecular weight excluding hydrogens is 288 g/mol. The second-order valence-corrected chi connectivity index (χ2v) is 4.52. The van der Waals surface area contributed by atoms with Crippen LogP contribution in [0.15, 0.2) is 18.2 Å². The SMILES string of the molecule is CCN(CC)C(=O)CNCc1cc(F)cc(C(F)(F)F)c1. The second-order valence-electron chi connectivity index (χ2n) is 4.52. The summed E-state index contributed by atoms with van der Waals surface area (Å²) in [5.74, 6) is -1.09. The van der Waals surface area contributed by atoms with Gasteiger partial charge in [-0.1, -0.05) is 0 Å². The molecule has 1 amide bonds. The van der Waals surface area contributed by atoms with Crippen LogP contribution in [0.4, 0.5) is 17.6 Å². The maximum absolute atomic E-state index is 13.2. The van der Waals surface area contributed by atoms with Crippen molar-refractivity contribution in [3.8, 4) is 0 Å². The lowest BCUT2D eigenvalue weighted by Gasteiger charge is -2.18. The summed E-state index contributed by atoms with van der Waals surface area (Å²) in [6, 6.07) is 2.34. The van der Waals surface area contributed by atoms with Gasteiger partial charge in [0, 0.05) is 19.6 Å². The van der Waals surface area contributed by atoms with Crippen LogP contribution in [-0.4, -0.2) is 30.4 Å². The Morgan fingerprint density at radius 2 is 1.81 bits per heavy atom. The van der Waals surface area contributed by atoms with E-state index in [-0.39, 0.29) is 24.6 Å². The van der Waals surface area contributed by atoms with Gasteiger partial charge in [-0.25, -0.2) is 4.39 Å². The van der Waals surface area contributed by atoms with Gasteiger partial charge in [-0.15, -0.1) is 0 Å². The van der Waals surface area contributed by atoms with Gasteiger partial charge in [-0.2, -0.15) is 13.2 Å². The van der Waals surface area contributed by atoms with Crippen LogP contribution in [0.3, 0.4) is 0 Å². The van der Waals surface area contributed by atoms with E-state index >= 15 is 0 Å². The highest BCUT2D eigenvalue weighted by Gasteiger charge is 2.31. The number of alkyl halides is 3. The van der Waals surface area contributed by atoms with Crippen LogP contribution < -0.4 is 5.32 Å². The van der Waals surface area contributed by atoms with Gasteiger partial charge in [0.1, 0.15) is 5.82 Å². The third-order valence-corrected chi connectivity index (χ3v) is 3.01. The maximum atomic E-state index is 13.2. The van der Waals surface area contributed by atoms with E-state index in [9.17, 15) is 22.4 Å².